The molecule has 6 rings (SSSR count). The molecule has 4 N–H and O–H groups in total. The van der Waals surface area contributed by atoms with Gasteiger partial charge in [-0.15, -0.1) is 0 Å². The minimum absolute atomic E-state index is 0.110. The first-order valence-corrected chi connectivity index (χ1v) is 12.2. The van der Waals surface area contributed by atoms with Gasteiger partial charge in [0.2, 0.25) is 0 Å². The van der Waals surface area contributed by atoms with Crippen LogP contribution in [0.4, 0.5) is 10.1 Å². The Labute approximate surface area is 218 Å². The maximum Gasteiger partial charge on any atom is 0.134 e. The number of aromatic amines is 2. The SMILES string of the molecule is CN(C)CCNc1cc(F)cc(-c2nccc3[nH]c(-c4n[nH]c5ccc(-c6cncc(O)c6)cc45)cc23)c1. The van der Waals surface area contributed by atoms with Gasteiger partial charge >= 0.3 is 0 Å². The Morgan fingerprint density at radius 2 is 1.76 bits per heavy atom. The Morgan fingerprint density at radius 3 is 2.61 bits per heavy atom. The zero-order chi connectivity index (χ0) is 26.2. The number of anilines is 1. The number of benzene rings is 2. The summed E-state index contributed by atoms with van der Waals surface area (Å²) in [5.41, 5.74) is 7.14. The molecule has 0 aliphatic carbocycles. The van der Waals surface area contributed by atoms with Crippen LogP contribution in [0.2, 0.25) is 0 Å². The van der Waals surface area contributed by atoms with Gasteiger partial charge in [0.25, 0.3) is 0 Å². The zero-order valence-corrected chi connectivity index (χ0v) is 21.0. The molecule has 0 radical (unpaired) electrons. The molecule has 0 fully saturated rings. The molecule has 2 aromatic carbocycles. The fraction of sp³-hybridized carbons (Fsp3) is 0.138. The Bertz CT molecular complexity index is 1770. The molecule has 0 saturated carbocycles. The van der Waals surface area contributed by atoms with Crippen LogP contribution in [0.1, 0.15) is 0 Å². The zero-order valence-electron chi connectivity index (χ0n) is 21.0. The molecule has 9 heteroatoms. The number of fused-ring (bicyclic) bond motifs is 2. The third-order valence-corrected chi connectivity index (χ3v) is 6.48. The highest BCUT2D eigenvalue weighted by Crippen LogP contribution is 2.35. The molecular weight excluding hydrogens is 481 g/mol. The number of aromatic hydroxyl groups is 1. The predicted octanol–water partition coefficient (Wildman–Crippen LogP) is 5.65. The van der Waals surface area contributed by atoms with Gasteiger partial charge in [0.15, 0.2) is 0 Å². The van der Waals surface area contributed by atoms with Crippen molar-refractivity contribution in [2.24, 2.45) is 0 Å². The molecule has 0 atom stereocenters. The normalized spacial score (nSPS) is 11.6. The highest BCUT2D eigenvalue weighted by atomic mass is 19.1. The van der Waals surface area contributed by atoms with Crippen LogP contribution >= 0.6 is 0 Å². The van der Waals surface area contributed by atoms with Crippen LogP contribution in [0, 0.1) is 5.82 Å². The predicted molar refractivity (Wildman–Crippen MR) is 149 cm³/mol. The van der Waals surface area contributed by atoms with E-state index >= 15 is 0 Å². The van der Waals surface area contributed by atoms with Crippen LogP contribution in [0.5, 0.6) is 5.75 Å². The summed E-state index contributed by atoms with van der Waals surface area (Å²) in [5.74, 6) is -0.212. The van der Waals surface area contributed by atoms with Crippen LogP contribution in [-0.2, 0) is 0 Å². The van der Waals surface area contributed by atoms with Gasteiger partial charge in [-0.05, 0) is 68.2 Å². The number of halogens is 1. The molecule has 0 spiro atoms. The lowest BCUT2D eigenvalue weighted by molar-refractivity contribution is 0.425. The van der Waals surface area contributed by atoms with Gasteiger partial charge in [-0.1, -0.05) is 6.07 Å². The summed E-state index contributed by atoms with van der Waals surface area (Å²) in [4.78, 5) is 14.2. The minimum atomic E-state index is -0.323. The molecule has 38 heavy (non-hydrogen) atoms. The molecule has 190 valence electrons. The van der Waals surface area contributed by atoms with E-state index in [1.165, 1.54) is 18.3 Å². The van der Waals surface area contributed by atoms with Crippen molar-refractivity contribution in [1.82, 2.24) is 30.0 Å². The molecule has 0 bridgehead atoms. The Hall–Kier alpha value is -4.76. The number of rotatable bonds is 7. The van der Waals surface area contributed by atoms with Crippen molar-refractivity contribution in [2.75, 3.05) is 32.5 Å². The molecular formula is C29H26FN7O. The lowest BCUT2D eigenvalue weighted by Crippen LogP contribution is -2.20. The second kappa shape index (κ2) is 9.60. The first-order chi connectivity index (χ1) is 18.4. The fourth-order valence-corrected chi connectivity index (χ4v) is 4.65. The smallest absolute Gasteiger partial charge is 0.134 e. The Balaban J connectivity index is 1.40. The quantitative estimate of drug-likeness (QED) is 0.222. The van der Waals surface area contributed by atoms with Crippen molar-refractivity contribution in [3.63, 3.8) is 0 Å². The lowest BCUT2D eigenvalue weighted by atomic mass is 10.0. The van der Waals surface area contributed by atoms with Gasteiger partial charge in [-0.2, -0.15) is 5.10 Å². The third kappa shape index (κ3) is 4.55. The highest BCUT2D eigenvalue weighted by Gasteiger charge is 2.16. The highest BCUT2D eigenvalue weighted by molar-refractivity contribution is 6.01. The topological polar surface area (TPSA) is 106 Å². The van der Waals surface area contributed by atoms with Crippen molar-refractivity contribution < 1.29 is 9.50 Å². The van der Waals surface area contributed by atoms with E-state index in [9.17, 15) is 9.50 Å². The number of nitrogens with one attached hydrogen (secondary N) is 3. The van der Waals surface area contributed by atoms with Crippen molar-refractivity contribution in [3.8, 4) is 39.5 Å². The van der Waals surface area contributed by atoms with Crippen molar-refractivity contribution >= 4 is 27.5 Å². The molecule has 0 aliphatic heterocycles. The fourth-order valence-electron chi connectivity index (χ4n) is 4.65. The van der Waals surface area contributed by atoms with E-state index in [-0.39, 0.29) is 11.6 Å². The Kier molecular flexibility index (Phi) is 5.97. The number of pyridine rings is 2. The molecule has 4 heterocycles. The van der Waals surface area contributed by atoms with E-state index in [0.29, 0.717) is 23.5 Å². The Morgan fingerprint density at radius 1 is 0.895 bits per heavy atom. The average molecular weight is 508 g/mol. The minimum Gasteiger partial charge on any atom is -0.506 e. The summed E-state index contributed by atoms with van der Waals surface area (Å²) >= 11 is 0. The maximum atomic E-state index is 14.6. The summed E-state index contributed by atoms with van der Waals surface area (Å²) in [6.45, 7) is 1.54. The van der Waals surface area contributed by atoms with E-state index in [2.05, 4.69) is 35.4 Å². The van der Waals surface area contributed by atoms with Crippen LogP contribution in [0.3, 0.4) is 0 Å². The molecule has 0 unspecified atom stereocenters. The molecule has 8 nitrogen and oxygen atoms in total. The number of nitrogens with zero attached hydrogens (tertiary/aromatic N) is 4. The van der Waals surface area contributed by atoms with Crippen molar-refractivity contribution in [3.05, 3.63) is 79.0 Å². The van der Waals surface area contributed by atoms with Gasteiger partial charge in [0.1, 0.15) is 17.3 Å². The lowest BCUT2D eigenvalue weighted by Gasteiger charge is -2.12. The maximum absolute atomic E-state index is 14.6. The summed E-state index contributed by atoms with van der Waals surface area (Å²) in [6, 6.07) is 16.4. The van der Waals surface area contributed by atoms with Crippen LogP contribution < -0.4 is 5.32 Å². The molecule has 0 aliphatic rings. The van der Waals surface area contributed by atoms with E-state index in [1.54, 1.807) is 18.5 Å². The number of aromatic nitrogens is 5. The second-order valence-corrected chi connectivity index (χ2v) is 9.53. The summed E-state index contributed by atoms with van der Waals surface area (Å²) in [7, 11) is 4.00. The largest absolute Gasteiger partial charge is 0.506 e. The summed E-state index contributed by atoms with van der Waals surface area (Å²) < 4.78 is 14.6. The van der Waals surface area contributed by atoms with E-state index in [0.717, 1.165) is 50.9 Å². The van der Waals surface area contributed by atoms with Gasteiger partial charge in [0, 0.05) is 58.6 Å². The first-order valence-electron chi connectivity index (χ1n) is 12.2. The molecule has 0 amide bonds. The van der Waals surface area contributed by atoms with Gasteiger partial charge < -0.3 is 20.3 Å². The van der Waals surface area contributed by atoms with Gasteiger partial charge in [-0.25, -0.2) is 4.39 Å². The standard InChI is InChI=1S/C29H26FN7O/c1-37(2)8-7-32-21-10-18(9-20(30)13-21)28-24-14-27(34-25(24)5-6-33-28)29-23-12-17(3-4-26(23)35-36-29)19-11-22(38)16-31-15-19/h3-6,9-16,32,34,38H,7-8H2,1-2H3,(H,35,36). The van der Waals surface area contributed by atoms with Crippen molar-refractivity contribution in [2.45, 2.75) is 0 Å². The average Bonchev–Trinajstić information content (AvgIpc) is 3.51. The summed E-state index contributed by atoms with van der Waals surface area (Å²) in [6.07, 6.45) is 4.84. The summed E-state index contributed by atoms with van der Waals surface area (Å²) in [5, 5.41) is 22.6. The van der Waals surface area contributed by atoms with E-state index in [1.807, 2.05) is 50.5 Å². The van der Waals surface area contributed by atoms with Gasteiger partial charge in [0.05, 0.1) is 23.1 Å². The molecule has 4 aromatic heterocycles. The molecule has 6 aromatic rings. The number of hydrogen-bond acceptors (Lipinski definition) is 6. The van der Waals surface area contributed by atoms with E-state index < -0.39 is 0 Å². The third-order valence-electron chi connectivity index (χ3n) is 6.48. The van der Waals surface area contributed by atoms with Crippen molar-refractivity contribution in [1.29, 1.82) is 0 Å². The van der Waals surface area contributed by atoms with E-state index in [4.69, 9.17) is 0 Å². The number of H-pyrrole nitrogens is 2. The number of hydrogen-bond donors (Lipinski definition) is 4. The molecule has 0 saturated heterocycles. The first kappa shape index (κ1) is 23.6. The monoisotopic (exact) mass is 507 g/mol. The van der Waals surface area contributed by atoms with Gasteiger partial charge in [-0.3, -0.25) is 15.1 Å². The van der Waals surface area contributed by atoms with Crippen LogP contribution in [-0.4, -0.2) is 62.3 Å². The number of likely N-dealkylation sites (N-methyl/N-ethyl adjacent to an activating group) is 1. The van der Waals surface area contributed by atoms with Crippen LogP contribution in [0.15, 0.2) is 73.2 Å². The van der Waals surface area contributed by atoms with Crippen LogP contribution in [0.25, 0.3) is 55.6 Å². The second-order valence-electron chi connectivity index (χ2n) is 9.53.